The van der Waals surface area contributed by atoms with Gasteiger partial charge in [-0.1, -0.05) is 23.7 Å². The van der Waals surface area contributed by atoms with Crippen molar-refractivity contribution in [1.82, 2.24) is 9.55 Å². The van der Waals surface area contributed by atoms with E-state index in [1.165, 1.54) is 6.92 Å². The van der Waals surface area contributed by atoms with Crippen LogP contribution in [0.5, 0.6) is 0 Å². The van der Waals surface area contributed by atoms with Gasteiger partial charge >= 0.3 is 0 Å². The quantitative estimate of drug-likeness (QED) is 0.790. The van der Waals surface area contributed by atoms with E-state index in [1.807, 2.05) is 59.3 Å². The molecule has 1 amide bonds. The molecule has 110 valence electrons. The standard InChI is InChI=1S/C17H14ClN3O/c1-12(22)20-13-6-8-14(9-7-13)21-11-10-19-17(21)15-4-2-3-5-16(15)18/h2-11H,1H3,(H,20,22). The maximum atomic E-state index is 11.1. The van der Waals surface area contributed by atoms with Crippen LogP contribution in [-0.4, -0.2) is 15.5 Å². The van der Waals surface area contributed by atoms with Gasteiger partial charge in [-0.25, -0.2) is 4.98 Å². The average Bonchev–Trinajstić information content (AvgIpc) is 2.97. The first-order valence-electron chi connectivity index (χ1n) is 6.81. The van der Waals surface area contributed by atoms with E-state index < -0.39 is 0 Å². The van der Waals surface area contributed by atoms with E-state index in [2.05, 4.69) is 10.3 Å². The highest BCUT2D eigenvalue weighted by Gasteiger charge is 2.10. The van der Waals surface area contributed by atoms with Crippen LogP contribution in [0, 0.1) is 0 Å². The average molecular weight is 312 g/mol. The number of benzene rings is 2. The summed E-state index contributed by atoms with van der Waals surface area (Å²) < 4.78 is 1.96. The van der Waals surface area contributed by atoms with E-state index in [4.69, 9.17) is 11.6 Å². The van der Waals surface area contributed by atoms with Crippen LogP contribution in [-0.2, 0) is 4.79 Å². The van der Waals surface area contributed by atoms with Gasteiger partial charge in [0.05, 0.1) is 5.02 Å². The number of carbonyl (C=O) groups excluding carboxylic acids is 1. The molecule has 0 saturated heterocycles. The predicted molar refractivity (Wildman–Crippen MR) is 88.3 cm³/mol. The molecule has 0 unspecified atom stereocenters. The zero-order valence-corrected chi connectivity index (χ0v) is 12.7. The van der Waals surface area contributed by atoms with Crippen molar-refractivity contribution >= 4 is 23.2 Å². The molecule has 0 aliphatic rings. The zero-order chi connectivity index (χ0) is 15.5. The van der Waals surface area contributed by atoms with E-state index in [0.717, 1.165) is 22.8 Å². The summed E-state index contributed by atoms with van der Waals surface area (Å²) in [5.41, 5.74) is 2.58. The van der Waals surface area contributed by atoms with Crippen molar-refractivity contribution in [3.05, 3.63) is 65.9 Å². The Hall–Kier alpha value is -2.59. The van der Waals surface area contributed by atoms with Crippen LogP contribution in [0.25, 0.3) is 17.1 Å². The summed E-state index contributed by atoms with van der Waals surface area (Å²) in [6.07, 6.45) is 3.62. The lowest BCUT2D eigenvalue weighted by Gasteiger charge is -2.10. The van der Waals surface area contributed by atoms with Crippen LogP contribution in [0.3, 0.4) is 0 Å². The third-order valence-electron chi connectivity index (χ3n) is 3.22. The molecule has 3 aromatic rings. The van der Waals surface area contributed by atoms with E-state index in [-0.39, 0.29) is 5.91 Å². The van der Waals surface area contributed by atoms with Gasteiger partial charge in [-0.2, -0.15) is 0 Å². The molecular weight excluding hydrogens is 298 g/mol. The molecule has 0 fully saturated rings. The number of halogens is 1. The van der Waals surface area contributed by atoms with Crippen LogP contribution in [0.1, 0.15) is 6.92 Å². The first-order chi connectivity index (χ1) is 10.6. The topological polar surface area (TPSA) is 46.9 Å². The molecule has 0 saturated carbocycles. The lowest BCUT2D eigenvalue weighted by atomic mass is 10.2. The Morgan fingerprint density at radius 1 is 1.14 bits per heavy atom. The van der Waals surface area contributed by atoms with Gasteiger partial charge in [-0.05, 0) is 36.4 Å². The molecule has 0 radical (unpaired) electrons. The van der Waals surface area contributed by atoms with E-state index in [9.17, 15) is 4.79 Å². The first kappa shape index (κ1) is 14.4. The normalized spacial score (nSPS) is 10.5. The summed E-state index contributed by atoms with van der Waals surface area (Å²) in [7, 11) is 0. The molecule has 0 aliphatic heterocycles. The van der Waals surface area contributed by atoms with Gasteiger partial charge in [-0.15, -0.1) is 0 Å². The molecule has 5 heteroatoms. The third-order valence-corrected chi connectivity index (χ3v) is 3.55. The second kappa shape index (κ2) is 6.03. The van der Waals surface area contributed by atoms with Gasteiger partial charge in [0.2, 0.25) is 5.91 Å². The number of rotatable bonds is 3. The number of amides is 1. The monoisotopic (exact) mass is 311 g/mol. The molecule has 1 N–H and O–H groups in total. The minimum atomic E-state index is -0.0906. The second-order valence-corrected chi connectivity index (χ2v) is 5.24. The number of anilines is 1. The Morgan fingerprint density at radius 2 is 1.86 bits per heavy atom. The Morgan fingerprint density at radius 3 is 2.55 bits per heavy atom. The number of nitrogens with one attached hydrogen (secondary N) is 1. The molecule has 0 aliphatic carbocycles. The molecule has 3 rings (SSSR count). The predicted octanol–water partition coefficient (Wildman–Crippen LogP) is 4.15. The number of hydrogen-bond acceptors (Lipinski definition) is 2. The lowest BCUT2D eigenvalue weighted by molar-refractivity contribution is -0.114. The van der Waals surface area contributed by atoms with Crippen LogP contribution in [0.2, 0.25) is 5.02 Å². The summed E-state index contributed by atoms with van der Waals surface area (Å²) in [6.45, 7) is 1.49. The van der Waals surface area contributed by atoms with Crippen LogP contribution in [0.4, 0.5) is 5.69 Å². The SMILES string of the molecule is CC(=O)Nc1ccc(-n2ccnc2-c2ccccc2Cl)cc1. The lowest BCUT2D eigenvalue weighted by Crippen LogP contribution is -2.05. The van der Waals surface area contributed by atoms with E-state index in [1.54, 1.807) is 6.20 Å². The van der Waals surface area contributed by atoms with Crippen molar-refractivity contribution in [2.45, 2.75) is 6.92 Å². The summed E-state index contributed by atoms with van der Waals surface area (Å²) >= 11 is 6.26. The molecule has 2 aromatic carbocycles. The summed E-state index contributed by atoms with van der Waals surface area (Å²) in [4.78, 5) is 15.5. The fourth-order valence-corrected chi connectivity index (χ4v) is 2.48. The van der Waals surface area contributed by atoms with Crippen molar-refractivity contribution in [1.29, 1.82) is 0 Å². The molecule has 22 heavy (non-hydrogen) atoms. The van der Waals surface area contributed by atoms with Crippen molar-refractivity contribution in [2.24, 2.45) is 0 Å². The van der Waals surface area contributed by atoms with Crippen molar-refractivity contribution in [3.8, 4) is 17.1 Å². The van der Waals surface area contributed by atoms with Gasteiger partial charge in [0.25, 0.3) is 0 Å². The Kier molecular flexibility index (Phi) is 3.94. The van der Waals surface area contributed by atoms with Crippen molar-refractivity contribution < 1.29 is 4.79 Å². The third kappa shape index (κ3) is 2.87. The van der Waals surface area contributed by atoms with Crippen molar-refractivity contribution in [3.63, 3.8) is 0 Å². The summed E-state index contributed by atoms with van der Waals surface area (Å²) in [5.74, 6) is 0.685. The second-order valence-electron chi connectivity index (χ2n) is 4.83. The van der Waals surface area contributed by atoms with E-state index >= 15 is 0 Å². The minimum absolute atomic E-state index is 0.0906. The first-order valence-corrected chi connectivity index (χ1v) is 7.19. The van der Waals surface area contributed by atoms with E-state index in [0.29, 0.717) is 5.02 Å². The number of aromatic nitrogens is 2. The highest BCUT2D eigenvalue weighted by Crippen LogP contribution is 2.28. The smallest absolute Gasteiger partial charge is 0.221 e. The van der Waals surface area contributed by atoms with Gasteiger partial charge in [0.15, 0.2) is 0 Å². The van der Waals surface area contributed by atoms with Crippen LogP contribution >= 0.6 is 11.6 Å². The van der Waals surface area contributed by atoms with Crippen molar-refractivity contribution in [2.75, 3.05) is 5.32 Å². The van der Waals surface area contributed by atoms with Crippen LogP contribution in [0.15, 0.2) is 60.9 Å². The summed E-state index contributed by atoms with van der Waals surface area (Å²) in [5, 5.41) is 3.41. The molecule has 4 nitrogen and oxygen atoms in total. The molecule has 0 atom stereocenters. The molecule has 1 aromatic heterocycles. The number of imidazole rings is 1. The Labute approximate surface area is 133 Å². The molecule has 0 spiro atoms. The van der Waals surface area contributed by atoms with Gasteiger partial charge < -0.3 is 5.32 Å². The fraction of sp³-hybridized carbons (Fsp3) is 0.0588. The van der Waals surface area contributed by atoms with Gasteiger partial charge in [0.1, 0.15) is 5.82 Å². The maximum Gasteiger partial charge on any atom is 0.221 e. The number of carbonyl (C=O) groups is 1. The maximum absolute atomic E-state index is 11.1. The Bertz CT molecular complexity index is 809. The zero-order valence-electron chi connectivity index (χ0n) is 12.0. The Balaban J connectivity index is 1.99. The highest BCUT2D eigenvalue weighted by atomic mass is 35.5. The van der Waals surface area contributed by atoms with Gasteiger partial charge in [-0.3, -0.25) is 9.36 Å². The highest BCUT2D eigenvalue weighted by molar-refractivity contribution is 6.33. The van der Waals surface area contributed by atoms with Crippen LogP contribution < -0.4 is 5.32 Å². The van der Waals surface area contributed by atoms with Gasteiger partial charge in [0, 0.05) is 36.3 Å². The molecule has 0 bridgehead atoms. The fourth-order valence-electron chi connectivity index (χ4n) is 2.26. The largest absolute Gasteiger partial charge is 0.326 e. The molecule has 1 heterocycles. The number of nitrogens with zero attached hydrogens (tertiary/aromatic N) is 2. The minimum Gasteiger partial charge on any atom is -0.326 e. The molecular formula is C17H14ClN3O. The summed E-state index contributed by atoms with van der Waals surface area (Å²) in [6, 6.07) is 15.2. The number of hydrogen-bond donors (Lipinski definition) is 1.